The van der Waals surface area contributed by atoms with Crippen molar-refractivity contribution in [3.05, 3.63) is 28.0 Å². The molecule has 1 heterocycles. The summed E-state index contributed by atoms with van der Waals surface area (Å²) in [7, 11) is -1.04. The van der Waals surface area contributed by atoms with Crippen molar-refractivity contribution in [2.24, 2.45) is 0 Å². The van der Waals surface area contributed by atoms with Crippen LogP contribution in [0.2, 0.25) is 0 Å². The quantitative estimate of drug-likeness (QED) is 0.617. The normalized spacial score (nSPS) is 11.6. The standard InChI is InChI=1S/C12H17NO4S2/c1-8(2)6-13(4)19(15,16)11-9(3)7-18-10(11)12(14)17-5/h7H,1,6H2,2-5H3. The molecule has 0 radical (unpaired) electrons. The van der Waals surface area contributed by atoms with Crippen LogP contribution in [0.15, 0.2) is 22.4 Å². The summed E-state index contributed by atoms with van der Waals surface area (Å²) in [6, 6.07) is 0. The van der Waals surface area contributed by atoms with Gasteiger partial charge in [-0.15, -0.1) is 11.3 Å². The van der Waals surface area contributed by atoms with Crippen LogP contribution in [0, 0.1) is 6.92 Å². The summed E-state index contributed by atoms with van der Waals surface area (Å²) in [5.41, 5.74) is 1.26. The highest BCUT2D eigenvalue weighted by atomic mass is 32.2. The van der Waals surface area contributed by atoms with Crippen LogP contribution in [0.3, 0.4) is 0 Å². The van der Waals surface area contributed by atoms with Crippen LogP contribution in [0.25, 0.3) is 0 Å². The number of hydrogen-bond donors (Lipinski definition) is 0. The molecule has 0 N–H and O–H groups in total. The lowest BCUT2D eigenvalue weighted by Crippen LogP contribution is -2.29. The first-order valence-electron chi connectivity index (χ1n) is 5.49. The van der Waals surface area contributed by atoms with Crippen LogP contribution in [-0.2, 0) is 14.8 Å². The molecule has 0 aliphatic heterocycles. The third-order valence-corrected chi connectivity index (χ3v) is 5.65. The minimum absolute atomic E-state index is 0.0214. The van der Waals surface area contributed by atoms with Gasteiger partial charge < -0.3 is 4.74 Å². The Morgan fingerprint density at radius 3 is 2.58 bits per heavy atom. The van der Waals surface area contributed by atoms with Gasteiger partial charge in [-0.05, 0) is 24.8 Å². The summed E-state index contributed by atoms with van der Waals surface area (Å²) in [6.07, 6.45) is 0. The summed E-state index contributed by atoms with van der Waals surface area (Å²) < 4.78 is 30.7. The van der Waals surface area contributed by atoms with Gasteiger partial charge in [-0.2, -0.15) is 4.31 Å². The van der Waals surface area contributed by atoms with Crippen molar-refractivity contribution in [3.63, 3.8) is 0 Å². The van der Waals surface area contributed by atoms with Crippen LogP contribution < -0.4 is 0 Å². The van der Waals surface area contributed by atoms with Gasteiger partial charge in [0.15, 0.2) is 0 Å². The van der Waals surface area contributed by atoms with E-state index in [0.717, 1.165) is 16.9 Å². The number of thiophene rings is 1. The second-order valence-corrected chi connectivity index (χ2v) is 7.15. The highest BCUT2D eigenvalue weighted by molar-refractivity contribution is 7.89. The lowest BCUT2D eigenvalue weighted by Gasteiger charge is -2.17. The molecule has 0 bridgehead atoms. The van der Waals surface area contributed by atoms with E-state index in [1.807, 2.05) is 0 Å². The smallest absolute Gasteiger partial charge is 0.349 e. The second kappa shape index (κ2) is 5.85. The molecule has 0 atom stereocenters. The van der Waals surface area contributed by atoms with Crippen LogP contribution >= 0.6 is 11.3 Å². The summed E-state index contributed by atoms with van der Waals surface area (Å²) >= 11 is 1.07. The first kappa shape index (κ1) is 15.9. The van der Waals surface area contributed by atoms with Gasteiger partial charge in [-0.3, -0.25) is 0 Å². The van der Waals surface area contributed by atoms with E-state index in [2.05, 4.69) is 11.3 Å². The molecule has 1 aromatic rings. The zero-order valence-corrected chi connectivity index (χ0v) is 13.0. The molecule has 0 fully saturated rings. The molecular formula is C12H17NO4S2. The SMILES string of the molecule is C=C(C)CN(C)S(=O)(=O)c1c(C)csc1C(=O)OC. The number of aryl methyl sites for hydroxylation is 1. The number of carbonyl (C=O) groups excluding carboxylic acids is 1. The highest BCUT2D eigenvalue weighted by Gasteiger charge is 2.30. The molecule has 0 aliphatic carbocycles. The van der Waals surface area contributed by atoms with Crippen LogP contribution in [-0.4, -0.2) is 39.4 Å². The zero-order chi connectivity index (χ0) is 14.8. The molecule has 0 unspecified atom stereocenters. The van der Waals surface area contributed by atoms with Gasteiger partial charge in [0.1, 0.15) is 9.77 Å². The Balaban J connectivity index is 3.32. The van der Waals surface area contributed by atoms with Crippen molar-refractivity contribution in [3.8, 4) is 0 Å². The topological polar surface area (TPSA) is 63.7 Å². The van der Waals surface area contributed by atoms with Crippen LogP contribution in [0.5, 0.6) is 0 Å². The maximum absolute atomic E-state index is 12.5. The summed E-state index contributed by atoms with van der Waals surface area (Å²) in [5.74, 6) is -0.639. The lowest BCUT2D eigenvalue weighted by molar-refractivity contribution is 0.0602. The molecule has 1 rings (SSSR count). The van der Waals surface area contributed by atoms with E-state index < -0.39 is 16.0 Å². The Hall–Kier alpha value is -1.18. The van der Waals surface area contributed by atoms with E-state index in [0.29, 0.717) is 5.56 Å². The predicted octanol–water partition coefficient (Wildman–Crippen LogP) is 2.04. The maximum Gasteiger partial charge on any atom is 0.349 e. The molecule has 106 valence electrons. The Morgan fingerprint density at radius 2 is 2.11 bits per heavy atom. The van der Waals surface area contributed by atoms with Gasteiger partial charge >= 0.3 is 5.97 Å². The van der Waals surface area contributed by atoms with Crippen LogP contribution in [0.1, 0.15) is 22.2 Å². The molecule has 0 saturated heterocycles. The molecule has 0 aromatic carbocycles. The molecular weight excluding hydrogens is 286 g/mol. The number of nitrogens with zero attached hydrogens (tertiary/aromatic N) is 1. The van der Waals surface area contributed by atoms with E-state index in [1.165, 1.54) is 18.5 Å². The lowest BCUT2D eigenvalue weighted by atomic mass is 10.3. The van der Waals surface area contributed by atoms with E-state index >= 15 is 0 Å². The Labute approximate surface area is 117 Å². The van der Waals surface area contributed by atoms with Gasteiger partial charge in [0.2, 0.25) is 10.0 Å². The van der Waals surface area contributed by atoms with E-state index in [4.69, 9.17) is 0 Å². The number of likely N-dealkylation sites (N-methyl/N-ethyl adjacent to an activating group) is 1. The Morgan fingerprint density at radius 1 is 1.53 bits per heavy atom. The molecule has 19 heavy (non-hydrogen) atoms. The number of carbonyl (C=O) groups is 1. The van der Waals surface area contributed by atoms with Crippen molar-refractivity contribution in [2.75, 3.05) is 20.7 Å². The molecule has 0 aliphatic rings. The van der Waals surface area contributed by atoms with Crippen molar-refractivity contribution in [1.82, 2.24) is 4.31 Å². The van der Waals surface area contributed by atoms with Gasteiger partial charge in [0.25, 0.3) is 0 Å². The number of rotatable bonds is 5. The average molecular weight is 303 g/mol. The minimum Gasteiger partial charge on any atom is -0.465 e. The first-order valence-corrected chi connectivity index (χ1v) is 7.81. The van der Waals surface area contributed by atoms with Crippen molar-refractivity contribution < 1.29 is 17.9 Å². The fraction of sp³-hybridized carbons (Fsp3) is 0.417. The fourth-order valence-electron chi connectivity index (χ4n) is 1.61. The molecule has 0 spiro atoms. The highest BCUT2D eigenvalue weighted by Crippen LogP contribution is 2.29. The largest absolute Gasteiger partial charge is 0.465 e. The van der Waals surface area contributed by atoms with Crippen LogP contribution in [0.4, 0.5) is 0 Å². The zero-order valence-electron chi connectivity index (χ0n) is 11.4. The Bertz CT molecular complexity index is 601. The van der Waals surface area contributed by atoms with Gasteiger partial charge in [-0.1, -0.05) is 12.2 Å². The molecule has 0 saturated carbocycles. The third kappa shape index (κ3) is 3.23. The molecule has 7 heteroatoms. The maximum atomic E-state index is 12.5. The van der Waals surface area contributed by atoms with E-state index in [9.17, 15) is 13.2 Å². The monoisotopic (exact) mass is 303 g/mol. The average Bonchev–Trinajstić information content (AvgIpc) is 2.69. The minimum atomic E-state index is -3.73. The van der Waals surface area contributed by atoms with E-state index in [1.54, 1.807) is 19.2 Å². The summed E-state index contributed by atoms with van der Waals surface area (Å²) in [4.78, 5) is 11.8. The summed E-state index contributed by atoms with van der Waals surface area (Å²) in [5, 5.41) is 1.63. The van der Waals surface area contributed by atoms with Crippen molar-refractivity contribution in [1.29, 1.82) is 0 Å². The number of esters is 1. The predicted molar refractivity (Wildman–Crippen MR) is 75.0 cm³/mol. The second-order valence-electron chi connectivity index (χ2n) is 4.29. The number of methoxy groups -OCH3 is 1. The fourth-order valence-corrected chi connectivity index (χ4v) is 4.49. The van der Waals surface area contributed by atoms with Gasteiger partial charge in [0, 0.05) is 13.6 Å². The molecule has 1 aromatic heterocycles. The van der Waals surface area contributed by atoms with Crippen molar-refractivity contribution in [2.45, 2.75) is 18.7 Å². The molecule has 5 nitrogen and oxygen atoms in total. The van der Waals surface area contributed by atoms with Crippen molar-refractivity contribution >= 4 is 27.3 Å². The van der Waals surface area contributed by atoms with Gasteiger partial charge in [-0.25, -0.2) is 13.2 Å². The van der Waals surface area contributed by atoms with Gasteiger partial charge in [0.05, 0.1) is 7.11 Å². The number of sulfonamides is 1. The number of hydrogen-bond acceptors (Lipinski definition) is 5. The third-order valence-electron chi connectivity index (χ3n) is 2.45. The Kier molecular flexibility index (Phi) is 4.89. The number of ether oxygens (including phenoxy) is 1. The first-order chi connectivity index (χ1) is 8.71. The van der Waals surface area contributed by atoms with E-state index in [-0.39, 0.29) is 16.3 Å². The molecule has 0 amide bonds. The summed E-state index contributed by atoms with van der Waals surface area (Å²) in [6.45, 7) is 7.30.